The molecule has 3 atom stereocenters. The second-order valence-corrected chi connectivity index (χ2v) is 7.30. The fourth-order valence-corrected chi connectivity index (χ4v) is 4.01. The van der Waals surface area contributed by atoms with Gasteiger partial charge in [-0.3, -0.25) is 0 Å². The maximum Gasteiger partial charge on any atom is 0.327 e. The normalized spacial score (nSPS) is 29.9. The number of esters is 1. The van der Waals surface area contributed by atoms with Crippen molar-refractivity contribution in [2.75, 3.05) is 33.3 Å². The molecule has 1 saturated heterocycles. The van der Waals surface area contributed by atoms with Gasteiger partial charge in [-0.15, -0.1) is 0 Å². The average molecular weight is 296 g/mol. The molecule has 0 aromatic carbocycles. The molecule has 0 spiro atoms. The van der Waals surface area contributed by atoms with Gasteiger partial charge in [0.05, 0.1) is 7.11 Å². The number of hydrogen-bond acceptors (Lipinski definition) is 4. The van der Waals surface area contributed by atoms with Gasteiger partial charge in [0.25, 0.3) is 0 Å². The first-order valence-corrected chi connectivity index (χ1v) is 8.57. The van der Waals surface area contributed by atoms with Gasteiger partial charge in [0, 0.05) is 19.6 Å². The lowest BCUT2D eigenvalue weighted by molar-refractivity contribution is -0.151. The van der Waals surface area contributed by atoms with Crippen molar-refractivity contribution >= 4 is 5.97 Å². The summed E-state index contributed by atoms with van der Waals surface area (Å²) in [5.74, 6) is 1.82. The van der Waals surface area contributed by atoms with Crippen molar-refractivity contribution in [3.05, 3.63) is 0 Å². The van der Waals surface area contributed by atoms with E-state index in [-0.39, 0.29) is 5.97 Å². The van der Waals surface area contributed by atoms with Gasteiger partial charge in [0.2, 0.25) is 0 Å². The minimum absolute atomic E-state index is 0.0654. The maximum atomic E-state index is 12.5. The fourth-order valence-electron chi connectivity index (χ4n) is 4.01. The monoisotopic (exact) mass is 296 g/mol. The maximum absolute atomic E-state index is 12.5. The van der Waals surface area contributed by atoms with Crippen LogP contribution in [0.15, 0.2) is 0 Å². The third-order valence-electron chi connectivity index (χ3n) is 4.93. The topological polar surface area (TPSA) is 41.6 Å². The quantitative estimate of drug-likeness (QED) is 0.732. The molecule has 1 N–H and O–H groups in total. The molecule has 4 nitrogen and oxygen atoms in total. The molecule has 0 radical (unpaired) electrons. The van der Waals surface area contributed by atoms with Crippen molar-refractivity contribution in [3.8, 4) is 0 Å². The van der Waals surface area contributed by atoms with Crippen molar-refractivity contribution in [2.24, 2.45) is 17.8 Å². The number of likely N-dealkylation sites (tertiary alicyclic amines) is 1. The smallest absolute Gasteiger partial charge is 0.327 e. The lowest BCUT2D eigenvalue weighted by atomic mass is 9.87. The van der Waals surface area contributed by atoms with Crippen LogP contribution >= 0.6 is 0 Å². The van der Waals surface area contributed by atoms with Gasteiger partial charge >= 0.3 is 5.97 Å². The largest absolute Gasteiger partial charge is 0.468 e. The van der Waals surface area contributed by atoms with Crippen LogP contribution in [0.4, 0.5) is 0 Å². The van der Waals surface area contributed by atoms with Crippen LogP contribution in [0.25, 0.3) is 0 Å². The lowest BCUT2D eigenvalue weighted by Gasteiger charge is -2.42. The Balaban J connectivity index is 2.12. The van der Waals surface area contributed by atoms with Crippen LogP contribution in [0.5, 0.6) is 0 Å². The summed E-state index contributed by atoms with van der Waals surface area (Å²) in [4.78, 5) is 15.0. The molecule has 3 unspecified atom stereocenters. The van der Waals surface area contributed by atoms with E-state index in [1.807, 2.05) is 0 Å². The van der Waals surface area contributed by atoms with Crippen LogP contribution in [0.2, 0.25) is 0 Å². The molecule has 1 heterocycles. The molecular formula is C17H32N2O2. The van der Waals surface area contributed by atoms with Gasteiger partial charge in [-0.1, -0.05) is 20.8 Å². The predicted octanol–water partition coefficient (Wildman–Crippen LogP) is 2.29. The summed E-state index contributed by atoms with van der Waals surface area (Å²) < 4.78 is 5.18. The van der Waals surface area contributed by atoms with E-state index in [0.29, 0.717) is 5.92 Å². The van der Waals surface area contributed by atoms with E-state index < -0.39 is 5.54 Å². The molecule has 4 heteroatoms. The summed E-state index contributed by atoms with van der Waals surface area (Å²) >= 11 is 0. The van der Waals surface area contributed by atoms with Gasteiger partial charge in [0.15, 0.2) is 0 Å². The molecule has 122 valence electrons. The Morgan fingerprint density at radius 1 is 1.29 bits per heavy atom. The SMILES string of the molecule is CCCNC(CN1CC(C)CC(C)C1)(C(=O)OC)C1CC1. The second kappa shape index (κ2) is 7.10. The number of carbonyl (C=O) groups is 1. The molecular weight excluding hydrogens is 264 g/mol. The predicted molar refractivity (Wildman–Crippen MR) is 85.1 cm³/mol. The van der Waals surface area contributed by atoms with Crippen molar-refractivity contribution < 1.29 is 9.53 Å². The average Bonchev–Trinajstić information content (AvgIpc) is 3.26. The summed E-state index contributed by atoms with van der Waals surface area (Å²) in [6.45, 7) is 10.7. The Morgan fingerprint density at radius 2 is 1.90 bits per heavy atom. The Bertz CT molecular complexity index is 347. The van der Waals surface area contributed by atoms with Crippen molar-refractivity contribution in [3.63, 3.8) is 0 Å². The molecule has 2 rings (SSSR count). The summed E-state index contributed by atoms with van der Waals surface area (Å²) in [6.07, 6.45) is 4.63. The Hall–Kier alpha value is -0.610. The summed E-state index contributed by atoms with van der Waals surface area (Å²) in [5, 5.41) is 3.56. The minimum atomic E-state index is -0.485. The van der Waals surface area contributed by atoms with Crippen LogP contribution in [0, 0.1) is 17.8 Å². The molecule has 0 bridgehead atoms. The highest BCUT2D eigenvalue weighted by Crippen LogP contribution is 2.41. The highest BCUT2D eigenvalue weighted by Gasteiger charge is 2.52. The van der Waals surface area contributed by atoms with Crippen LogP contribution in [-0.4, -0.2) is 49.7 Å². The van der Waals surface area contributed by atoms with Gasteiger partial charge < -0.3 is 15.0 Å². The zero-order valence-electron chi connectivity index (χ0n) is 14.2. The standard InChI is InChI=1S/C17H32N2O2/c1-5-8-18-17(15-6-7-15,16(20)21-4)12-19-10-13(2)9-14(3)11-19/h13-15,18H,5-12H2,1-4H3. The first kappa shape index (κ1) is 16.8. The Morgan fingerprint density at radius 3 is 2.38 bits per heavy atom. The molecule has 2 fully saturated rings. The van der Waals surface area contributed by atoms with E-state index >= 15 is 0 Å². The zero-order chi connectivity index (χ0) is 15.5. The molecule has 1 saturated carbocycles. The summed E-state index contributed by atoms with van der Waals surface area (Å²) in [7, 11) is 1.52. The molecule has 1 aliphatic heterocycles. The van der Waals surface area contributed by atoms with E-state index in [4.69, 9.17) is 4.74 Å². The number of methoxy groups -OCH3 is 1. The molecule has 21 heavy (non-hydrogen) atoms. The van der Waals surface area contributed by atoms with Gasteiger partial charge in [-0.05, 0) is 50.0 Å². The third-order valence-corrected chi connectivity index (χ3v) is 4.93. The van der Waals surface area contributed by atoms with Gasteiger partial charge in [0.1, 0.15) is 5.54 Å². The molecule has 0 aromatic heterocycles. The third kappa shape index (κ3) is 3.98. The first-order valence-electron chi connectivity index (χ1n) is 8.57. The lowest BCUT2D eigenvalue weighted by Crippen LogP contribution is -2.62. The van der Waals surface area contributed by atoms with Crippen molar-refractivity contribution in [1.29, 1.82) is 0 Å². The van der Waals surface area contributed by atoms with Crippen LogP contribution in [0.1, 0.15) is 46.5 Å². The highest BCUT2D eigenvalue weighted by atomic mass is 16.5. The van der Waals surface area contributed by atoms with Gasteiger partial charge in [-0.2, -0.15) is 0 Å². The van der Waals surface area contributed by atoms with Crippen LogP contribution in [-0.2, 0) is 9.53 Å². The number of piperidine rings is 1. The number of hydrogen-bond donors (Lipinski definition) is 1. The molecule has 0 amide bonds. The summed E-state index contributed by atoms with van der Waals surface area (Å²) in [6, 6.07) is 0. The Kier molecular flexibility index (Phi) is 5.67. The second-order valence-electron chi connectivity index (χ2n) is 7.30. The zero-order valence-corrected chi connectivity index (χ0v) is 14.2. The molecule has 0 aromatic rings. The summed E-state index contributed by atoms with van der Waals surface area (Å²) in [5.41, 5.74) is -0.485. The van der Waals surface area contributed by atoms with Gasteiger partial charge in [-0.25, -0.2) is 4.79 Å². The number of nitrogens with one attached hydrogen (secondary N) is 1. The van der Waals surface area contributed by atoms with Crippen LogP contribution < -0.4 is 5.32 Å². The number of ether oxygens (including phenoxy) is 1. The van der Waals surface area contributed by atoms with E-state index in [1.165, 1.54) is 13.5 Å². The Labute approximate surface area is 129 Å². The van der Waals surface area contributed by atoms with Crippen molar-refractivity contribution in [2.45, 2.75) is 52.0 Å². The molecule has 1 aliphatic carbocycles. The molecule has 2 aliphatic rings. The number of nitrogens with zero attached hydrogens (tertiary/aromatic N) is 1. The van der Waals surface area contributed by atoms with E-state index in [1.54, 1.807) is 0 Å². The fraction of sp³-hybridized carbons (Fsp3) is 0.941. The number of carbonyl (C=O) groups excluding carboxylic acids is 1. The van der Waals surface area contributed by atoms with Crippen LogP contribution in [0.3, 0.4) is 0 Å². The van der Waals surface area contributed by atoms with E-state index in [9.17, 15) is 4.79 Å². The number of rotatable bonds is 7. The highest BCUT2D eigenvalue weighted by molar-refractivity contribution is 5.82. The minimum Gasteiger partial charge on any atom is -0.468 e. The van der Waals surface area contributed by atoms with E-state index in [0.717, 1.165) is 57.3 Å². The van der Waals surface area contributed by atoms with Crippen molar-refractivity contribution in [1.82, 2.24) is 10.2 Å². The van der Waals surface area contributed by atoms with E-state index in [2.05, 4.69) is 31.0 Å². The first-order chi connectivity index (χ1) is 10.0.